The summed E-state index contributed by atoms with van der Waals surface area (Å²) in [5.74, 6) is 0.757. The molecule has 5 nitrogen and oxygen atoms in total. The molecule has 2 heterocycles. The van der Waals surface area contributed by atoms with Gasteiger partial charge in [-0.1, -0.05) is 12.1 Å². The number of methoxy groups -OCH3 is 1. The number of ether oxygens (including phenoxy) is 1. The van der Waals surface area contributed by atoms with Gasteiger partial charge in [-0.3, -0.25) is 9.69 Å². The molecule has 1 aliphatic heterocycles. The van der Waals surface area contributed by atoms with Gasteiger partial charge in [-0.25, -0.2) is 9.37 Å². The molecule has 0 unspecified atom stereocenters. The number of nitrogens with zero attached hydrogens (tertiary/aromatic N) is 3. The lowest BCUT2D eigenvalue weighted by molar-refractivity contribution is -0.133. The highest BCUT2D eigenvalue weighted by atomic mass is 32.1. The van der Waals surface area contributed by atoms with Crippen LogP contribution >= 0.6 is 11.3 Å². The molecule has 4 rings (SSSR count). The van der Waals surface area contributed by atoms with Crippen LogP contribution in [-0.2, 0) is 17.8 Å². The fourth-order valence-electron chi connectivity index (χ4n) is 3.69. The van der Waals surface area contributed by atoms with Crippen molar-refractivity contribution in [1.82, 2.24) is 14.8 Å². The Hall–Kier alpha value is -2.77. The topological polar surface area (TPSA) is 45.7 Å². The number of hydrogen-bond acceptors (Lipinski definition) is 5. The van der Waals surface area contributed by atoms with E-state index in [0.29, 0.717) is 12.8 Å². The third-order valence-electron chi connectivity index (χ3n) is 5.54. The molecule has 1 amide bonds. The minimum atomic E-state index is -0.248. The van der Waals surface area contributed by atoms with Crippen molar-refractivity contribution in [3.63, 3.8) is 0 Å². The SMILES string of the molecule is COc1ccc(-c2nc(CN3CCN(C(=O)CCc4ccc(F)cc4)CC3)cs2)cc1. The van der Waals surface area contributed by atoms with Crippen molar-refractivity contribution in [2.75, 3.05) is 33.3 Å². The van der Waals surface area contributed by atoms with Gasteiger partial charge in [0.1, 0.15) is 16.6 Å². The molecule has 7 heteroatoms. The van der Waals surface area contributed by atoms with E-state index in [-0.39, 0.29) is 11.7 Å². The first kappa shape index (κ1) is 21.5. The van der Waals surface area contributed by atoms with Gasteiger partial charge in [0.25, 0.3) is 0 Å². The van der Waals surface area contributed by atoms with Crippen LogP contribution in [0.15, 0.2) is 53.9 Å². The Kier molecular flexibility index (Phi) is 6.94. The highest BCUT2D eigenvalue weighted by molar-refractivity contribution is 7.13. The summed E-state index contributed by atoms with van der Waals surface area (Å²) < 4.78 is 18.2. The molecule has 0 bridgehead atoms. The number of rotatable bonds is 7. The maximum absolute atomic E-state index is 13.0. The van der Waals surface area contributed by atoms with Crippen molar-refractivity contribution in [1.29, 1.82) is 0 Å². The second kappa shape index (κ2) is 10.0. The lowest BCUT2D eigenvalue weighted by Gasteiger charge is -2.34. The van der Waals surface area contributed by atoms with Crippen molar-refractivity contribution in [2.24, 2.45) is 0 Å². The largest absolute Gasteiger partial charge is 0.497 e. The number of benzene rings is 2. The molecule has 162 valence electrons. The van der Waals surface area contributed by atoms with Crippen molar-refractivity contribution in [2.45, 2.75) is 19.4 Å². The zero-order valence-electron chi connectivity index (χ0n) is 17.6. The van der Waals surface area contributed by atoms with Gasteiger partial charge in [0.15, 0.2) is 0 Å². The summed E-state index contributed by atoms with van der Waals surface area (Å²) in [6.07, 6.45) is 1.11. The number of thiazole rings is 1. The molecule has 31 heavy (non-hydrogen) atoms. The highest BCUT2D eigenvalue weighted by Crippen LogP contribution is 2.26. The lowest BCUT2D eigenvalue weighted by atomic mass is 10.1. The number of aromatic nitrogens is 1. The average molecular weight is 440 g/mol. The van der Waals surface area contributed by atoms with E-state index in [1.54, 1.807) is 30.6 Å². The fraction of sp³-hybridized carbons (Fsp3) is 0.333. The molecule has 0 radical (unpaired) electrons. The number of carbonyl (C=O) groups excluding carboxylic acids is 1. The maximum Gasteiger partial charge on any atom is 0.222 e. The maximum atomic E-state index is 13.0. The first-order chi connectivity index (χ1) is 15.1. The number of amides is 1. The van der Waals surface area contributed by atoms with Gasteiger partial charge >= 0.3 is 0 Å². The summed E-state index contributed by atoms with van der Waals surface area (Å²) in [5, 5.41) is 3.12. The first-order valence-electron chi connectivity index (χ1n) is 10.4. The Morgan fingerprint density at radius 2 is 1.77 bits per heavy atom. The zero-order chi connectivity index (χ0) is 21.6. The molecule has 0 N–H and O–H groups in total. The third kappa shape index (κ3) is 5.68. The molecule has 2 aromatic carbocycles. The summed E-state index contributed by atoms with van der Waals surface area (Å²) in [4.78, 5) is 21.6. The minimum Gasteiger partial charge on any atom is -0.497 e. The van der Waals surface area contributed by atoms with E-state index in [9.17, 15) is 9.18 Å². The van der Waals surface area contributed by atoms with Crippen molar-refractivity contribution >= 4 is 17.2 Å². The second-order valence-electron chi connectivity index (χ2n) is 7.66. The molecule has 0 spiro atoms. The summed E-state index contributed by atoms with van der Waals surface area (Å²) in [6.45, 7) is 3.95. The van der Waals surface area contributed by atoms with E-state index in [0.717, 1.165) is 60.3 Å². The van der Waals surface area contributed by atoms with Gasteiger partial charge in [0.05, 0.1) is 12.8 Å². The van der Waals surface area contributed by atoms with E-state index in [1.165, 1.54) is 12.1 Å². The number of hydrogen-bond donors (Lipinski definition) is 0. The number of aryl methyl sites for hydroxylation is 1. The first-order valence-corrected chi connectivity index (χ1v) is 11.3. The highest BCUT2D eigenvalue weighted by Gasteiger charge is 2.21. The second-order valence-corrected chi connectivity index (χ2v) is 8.51. The molecule has 1 fully saturated rings. The molecule has 0 saturated carbocycles. The van der Waals surface area contributed by atoms with Gasteiger partial charge < -0.3 is 9.64 Å². The van der Waals surface area contributed by atoms with Gasteiger partial charge in [-0.15, -0.1) is 11.3 Å². The van der Waals surface area contributed by atoms with E-state index in [2.05, 4.69) is 10.3 Å². The van der Waals surface area contributed by atoms with E-state index in [4.69, 9.17) is 9.72 Å². The van der Waals surface area contributed by atoms with Crippen LogP contribution in [0.1, 0.15) is 17.7 Å². The van der Waals surface area contributed by atoms with E-state index >= 15 is 0 Å². The van der Waals surface area contributed by atoms with Crippen LogP contribution in [-0.4, -0.2) is 54.0 Å². The predicted molar refractivity (Wildman–Crippen MR) is 121 cm³/mol. The smallest absolute Gasteiger partial charge is 0.222 e. The minimum absolute atomic E-state index is 0.166. The van der Waals surface area contributed by atoms with Gasteiger partial charge in [-0.05, 0) is 48.4 Å². The summed E-state index contributed by atoms with van der Waals surface area (Å²) in [5.41, 5.74) is 3.14. The Bertz CT molecular complexity index is 996. The molecule has 3 aromatic rings. The molecule has 1 aliphatic rings. The molecule has 1 aromatic heterocycles. The van der Waals surface area contributed by atoms with E-state index < -0.39 is 0 Å². The molecular formula is C24H26FN3O2S. The summed E-state index contributed by atoms with van der Waals surface area (Å²) in [6, 6.07) is 14.3. The quantitative estimate of drug-likeness (QED) is 0.553. The summed E-state index contributed by atoms with van der Waals surface area (Å²) >= 11 is 1.65. The molecule has 0 atom stereocenters. The number of halogens is 1. The van der Waals surface area contributed by atoms with Gasteiger partial charge in [-0.2, -0.15) is 0 Å². The van der Waals surface area contributed by atoms with Gasteiger partial charge in [0, 0.05) is 50.1 Å². The summed E-state index contributed by atoms with van der Waals surface area (Å²) in [7, 11) is 1.66. The van der Waals surface area contributed by atoms with Crippen molar-refractivity contribution in [3.8, 4) is 16.3 Å². The van der Waals surface area contributed by atoms with Gasteiger partial charge in [0.2, 0.25) is 5.91 Å². The zero-order valence-corrected chi connectivity index (χ0v) is 18.4. The Morgan fingerprint density at radius 1 is 1.06 bits per heavy atom. The Balaban J connectivity index is 1.24. The normalized spacial score (nSPS) is 14.6. The average Bonchev–Trinajstić information content (AvgIpc) is 3.27. The monoisotopic (exact) mass is 439 g/mol. The van der Waals surface area contributed by atoms with Crippen LogP contribution in [0.3, 0.4) is 0 Å². The Morgan fingerprint density at radius 3 is 2.45 bits per heavy atom. The van der Waals surface area contributed by atoms with Crippen molar-refractivity contribution < 1.29 is 13.9 Å². The number of piperazine rings is 1. The number of carbonyl (C=O) groups is 1. The van der Waals surface area contributed by atoms with Crippen LogP contribution in [0.5, 0.6) is 5.75 Å². The fourth-order valence-corrected chi connectivity index (χ4v) is 4.51. The Labute approximate surface area is 186 Å². The van der Waals surface area contributed by atoms with Crippen molar-refractivity contribution in [3.05, 3.63) is 71.0 Å². The van der Waals surface area contributed by atoms with Crippen LogP contribution in [0, 0.1) is 5.82 Å². The molecule has 0 aliphatic carbocycles. The van der Waals surface area contributed by atoms with Crippen LogP contribution in [0.25, 0.3) is 10.6 Å². The van der Waals surface area contributed by atoms with Crippen LogP contribution in [0.2, 0.25) is 0 Å². The third-order valence-corrected chi connectivity index (χ3v) is 6.48. The lowest BCUT2D eigenvalue weighted by Crippen LogP contribution is -2.48. The van der Waals surface area contributed by atoms with Crippen LogP contribution in [0.4, 0.5) is 4.39 Å². The standard InChI is InChI=1S/C24H26FN3O2S/c1-30-22-9-5-19(6-10-22)24-26-21(17-31-24)16-27-12-14-28(15-13-27)23(29)11-4-18-2-7-20(25)8-3-18/h2-3,5-10,17H,4,11-16H2,1H3. The molecule has 1 saturated heterocycles. The van der Waals surface area contributed by atoms with Crippen LogP contribution < -0.4 is 4.74 Å². The van der Waals surface area contributed by atoms with E-state index in [1.807, 2.05) is 29.2 Å². The predicted octanol–water partition coefficient (Wildman–Crippen LogP) is 4.23. The molecular weight excluding hydrogens is 413 g/mol.